The Morgan fingerprint density at radius 1 is 1.07 bits per heavy atom. The molecule has 0 aliphatic carbocycles. The van der Waals surface area contributed by atoms with Crippen molar-refractivity contribution in [3.63, 3.8) is 0 Å². The summed E-state index contributed by atoms with van der Waals surface area (Å²) in [4.78, 5) is 4.71. The standard InChI is InChI=1S/C12H20N2/c1-6-8-13-10(3)11(4)14(9-7-2)12(13)5/h6-7,12H,1-2,8-9H2,3-5H3. The minimum Gasteiger partial charge on any atom is -0.350 e. The highest BCUT2D eigenvalue weighted by Crippen LogP contribution is 2.27. The molecular formula is C12H20N2. The van der Waals surface area contributed by atoms with E-state index in [4.69, 9.17) is 0 Å². The molecule has 2 nitrogen and oxygen atoms in total. The van der Waals surface area contributed by atoms with Crippen molar-refractivity contribution in [1.29, 1.82) is 0 Å². The highest BCUT2D eigenvalue weighted by atomic mass is 15.4. The fraction of sp³-hybridized carbons (Fsp3) is 0.500. The van der Waals surface area contributed by atoms with Crippen molar-refractivity contribution < 1.29 is 0 Å². The first-order chi connectivity index (χ1) is 6.63. The molecule has 0 N–H and O–H groups in total. The fourth-order valence-corrected chi connectivity index (χ4v) is 2.00. The number of nitrogens with zero attached hydrogens (tertiary/aromatic N) is 2. The Morgan fingerprint density at radius 2 is 1.43 bits per heavy atom. The second kappa shape index (κ2) is 4.36. The van der Waals surface area contributed by atoms with E-state index in [1.807, 2.05) is 12.2 Å². The molecule has 0 amide bonds. The Labute approximate surface area is 87.2 Å². The molecule has 0 fully saturated rings. The first-order valence-electron chi connectivity index (χ1n) is 5.06. The summed E-state index contributed by atoms with van der Waals surface area (Å²) in [5, 5.41) is 0. The summed E-state index contributed by atoms with van der Waals surface area (Å²) in [6.45, 7) is 15.9. The van der Waals surface area contributed by atoms with E-state index < -0.39 is 0 Å². The van der Waals surface area contributed by atoms with Gasteiger partial charge in [0.1, 0.15) is 0 Å². The maximum absolute atomic E-state index is 3.79. The van der Waals surface area contributed by atoms with Gasteiger partial charge in [-0.05, 0) is 20.8 Å². The van der Waals surface area contributed by atoms with Gasteiger partial charge in [0.15, 0.2) is 0 Å². The van der Waals surface area contributed by atoms with Crippen LogP contribution in [0.4, 0.5) is 0 Å². The van der Waals surface area contributed by atoms with E-state index in [0.29, 0.717) is 6.17 Å². The molecule has 0 bridgehead atoms. The smallest absolute Gasteiger partial charge is 0.0988 e. The molecule has 2 heteroatoms. The van der Waals surface area contributed by atoms with Gasteiger partial charge in [-0.1, -0.05) is 12.2 Å². The number of allylic oxidation sites excluding steroid dienone is 2. The van der Waals surface area contributed by atoms with E-state index in [-0.39, 0.29) is 0 Å². The maximum Gasteiger partial charge on any atom is 0.0988 e. The lowest BCUT2D eigenvalue weighted by molar-refractivity contribution is 0.179. The van der Waals surface area contributed by atoms with Crippen molar-refractivity contribution in [3.8, 4) is 0 Å². The predicted molar refractivity (Wildman–Crippen MR) is 61.6 cm³/mol. The van der Waals surface area contributed by atoms with Crippen molar-refractivity contribution >= 4 is 0 Å². The van der Waals surface area contributed by atoms with Gasteiger partial charge in [-0.3, -0.25) is 0 Å². The van der Waals surface area contributed by atoms with Gasteiger partial charge in [-0.15, -0.1) is 13.2 Å². The third-order valence-corrected chi connectivity index (χ3v) is 2.94. The summed E-state index contributed by atoms with van der Waals surface area (Å²) in [5.41, 5.74) is 2.69. The third kappa shape index (κ3) is 1.69. The normalized spacial score (nSPS) is 17.9. The quantitative estimate of drug-likeness (QED) is 0.632. The van der Waals surface area contributed by atoms with Gasteiger partial charge in [-0.2, -0.15) is 0 Å². The largest absolute Gasteiger partial charge is 0.350 e. The van der Waals surface area contributed by atoms with Crippen molar-refractivity contribution in [1.82, 2.24) is 9.80 Å². The van der Waals surface area contributed by atoms with E-state index in [1.54, 1.807) is 0 Å². The molecule has 1 heterocycles. The Bertz CT molecular complexity index is 239. The molecule has 0 aromatic heterocycles. The van der Waals surface area contributed by atoms with Crippen LogP contribution in [0, 0.1) is 0 Å². The van der Waals surface area contributed by atoms with Gasteiger partial charge in [0, 0.05) is 24.5 Å². The molecule has 1 aliphatic heterocycles. The Balaban J connectivity index is 2.85. The summed E-state index contributed by atoms with van der Waals surface area (Å²) in [6.07, 6.45) is 4.32. The second-order valence-corrected chi connectivity index (χ2v) is 3.68. The minimum absolute atomic E-state index is 0.422. The Kier molecular flexibility index (Phi) is 3.39. The topological polar surface area (TPSA) is 6.48 Å². The molecule has 0 radical (unpaired) electrons. The van der Waals surface area contributed by atoms with E-state index in [0.717, 1.165) is 13.1 Å². The van der Waals surface area contributed by atoms with Crippen molar-refractivity contribution in [2.45, 2.75) is 26.9 Å². The predicted octanol–water partition coefficient (Wildman–Crippen LogP) is 2.57. The Morgan fingerprint density at radius 3 is 1.71 bits per heavy atom. The Hall–Kier alpha value is -1.18. The maximum atomic E-state index is 3.79. The van der Waals surface area contributed by atoms with Crippen LogP contribution in [0.25, 0.3) is 0 Å². The van der Waals surface area contributed by atoms with E-state index in [9.17, 15) is 0 Å². The first kappa shape index (κ1) is 10.9. The van der Waals surface area contributed by atoms with E-state index >= 15 is 0 Å². The highest BCUT2D eigenvalue weighted by molar-refractivity contribution is 5.17. The molecule has 0 atom stereocenters. The summed E-state index contributed by atoms with van der Waals surface area (Å²) in [6, 6.07) is 0. The fourth-order valence-electron chi connectivity index (χ4n) is 2.00. The summed E-state index contributed by atoms with van der Waals surface area (Å²) in [5.74, 6) is 0. The molecular weight excluding hydrogens is 172 g/mol. The van der Waals surface area contributed by atoms with Gasteiger partial charge < -0.3 is 9.80 Å². The van der Waals surface area contributed by atoms with Crippen molar-refractivity contribution in [3.05, 3.63) is 36.7 Å². The monoisotopic (exact) mass is 192 g/mol. The lowest BCUT2D eigenvalue weighted by atomic mass is 10.3. The van der Waals surface area contributed by atoms with Crippen molar-refractivity contribution in [2.24, 2.45) is 0 Å². The molecule has 0 unspecified atom stereocenters. The van der Waals surface area contributed by atoms with Gasteiger partial charge in [0.05, 0.1) is 6.17 Å². The third-order valence-electron chi connectivity index (χ3n) is 2.94. The van der Waals surface area contributed by atoms with Crippen LogP contribution in [0.1, 0.15) is 20.8 Å². The zero-order chi connectivity index (χ0) is 10.7. The second-order valence-electron chi connectivity index (χ2n) is 3.68. The van der Waals surface area contributed by atoms with Crippen LogP contribution < -0.4 is 0 Å². The zero-order valence-electron chi connectivity index (χ0n) is 9.45. The zero-order valence-corrected chi connectivity index (χ0v) is 9.45. The molecule has 1 rings (SSSR count). The van der Waals surface area contributed by atoms with Crippen LogP contribution >= 0.6 is 0 Å². The van der Waals surface area contributed by atoms with Crippen LogP contribution in [-0.2, 0) is 0 Å². The summed E-state index contributed by atoms with van der Waals surface area (Å²) in [7, 11) is 0. The van der Waals surface area contributed by atoms with Gasteiger partial charge >= 0.3 is 0 Å². The first-order valence-corrected chi connectivity index (χ1v) is 5.06. The molecule has 14 heavy (non-hydrogen) atoms. The molecule has 0 saturated heterocycles. The van der Waals surface area contributed by atoms with Crippen LogP contribution in [-0.4, -0.2) is 29.1 Å². The lowest BCUT2D eigenvalue weighted by Crippen LogP contribution is -2.37. The van der Waals surface area contributed by atoms with Crippen LogP contribution in [0.15, 0.2) is 36.7 Å². The highest BCUT2D eigenvalue weighted by Gasteiger charge is 2.28. The number of rotatable bonds is 4. The average Bonchev–Trinajstić information content (AvgIpc) is 2.36. The molecule has 0 spiro atoms. The van der Waals surface area contributed by atoms with Gasteiger partial charge in [0.2, 0.25) is 0 Å². The van der Waals surface area contributed by atoms with Crippen LogP contribution in [0.2, 0.25) is 0 Å². The van der Waals surface area contributed by atoms with Gasteiger partial charge in [0.25, 0.3) is 0 Å². The van der Waals surface area contributed by atoms with Crippen LogP contribution in [0.5, 0.6) is 0 Å². The van der Waals surface area contributed by atoms with Crippen LogP contribution in [0.3, 0.4) is 0 Å². The summed E-state index contributed by atoms with van der Waals surface area (Å²) < 4.78 is 0. The summed E-state index contributed by atoms with van der Waals surface area (Å²) >= 11 is 0. The van der Waals surface area contributed by atoms with Gasteiger partial charge in [-0.25, -0.2) is 0 Å². The molecule has 0 saturated carbocycles. The molecule has 0 aromatic carbocycles. The van der Waals surface area contributed by atoms with Crippen molar-refractivity contribution in [2.75, 3.05) is 13.1 Å². The molecule has 0 aromatic rings. The van der Waals surface area contributed by atoms with E-state index in [2.05, 4.69) is 43.7 Å². The molecule has 78 valence electrons. The minimum atomic E-state index is 0.422. The lowest BCUT2D eigenvalue weighted by Gasteiger charge is -2.30. The number of hydrogen-bond donors (Lipinski definition) is 0. The number of hydrogen-bond acceptors (Lipinski definition) is 2. The van der Waals surface area contributed by atoms with E-state index in [1.165, 1.54) is 11.4 Å². The molecule has 1 aliphatic rings. The SMILES string of the molecule is C=CCN1C(C)=C(C)N(CC=C)C1C. The average molecular weight is 192 g/mol.